The predicted molar refractivity (Wildman–Crippen MR) is 57.6 cm³/mol. The smallest absolute Gasteiger partial charge is 0.330 e. The third-order valence-corrected chi connectivity index (χ3v) is 3.33. The first-order chi connectivity index (χ1) is 8.04. The minimum Gasteiger partial charge on any atom is -0.330 e. The van der Waals surface area contributed by atoms with Gasteiger partial charge in [0, 0.05) is 17.2 Å². The van der Waals surface area contributed by atoms with Gasteiger partial charge in [0.1, 0.15) is 0 Å². The Morgan fingerprint density at radius 3 is 2.47 bits per heavy atom. The third kappa shape index (κ3) is 2.46. The van der Waals surface area contributed by atoms with Crippen molar-refractivity contribution >= 4 is 0 Å². The minimum absolute atomic E-state index is 0.195. The predicted octanol–water partition coefficient (Wildman–Crippen LogP) is 2.59. The van der Waals surface area contributed by atoms with Gasteiger partial charge in [-0.3, -0.25) is 5.10 Å². The van der Waals surface area contributed by atoms with Crippen molar-refractivity contribution in [3.05, 3.63) is 17.0 Å². The number of aromatic amines is 1. The number of H-pyrrole nitrogens is 1. The van der Waals surface area contributed by atoms with E-state index in [1.54, 1.807) is 0 Å². The van der Waals surface area contributed by atoms with Crippen molar-refractivity contribution in [1.29, 1.82) is 0 Å². The fourth-order valence-electron chi connectivity index (χ4n) is 2.56. The fourth-order valence-corrected chi connectivity index (χ4v) is 2.56. The number of halogens is 3. The zero-order chi connectivity index (χ0) is 12.5. The van der Waals surface area contributed by atoms with Gasteiger partial charge >= 0.3 is 6.18 Å². The lowest BCUT2D eigenvalue weighted by Crippen LogP contribution is -2.13. The Morgan fingerprint density at radius 2 is 1.94 bits per heavy atom. The van der Waals surface area contributed by atoms with Gasteiger partial charge < -0.3 is 5.73 Å². The van der Waals surface area contributed by atoms with E-state index >= 15 is 0 Å². The summed E-state index contributed by atoms with van der Waals surface area (Å²) in [6.07, 6.45) is -0.122. The first-order valence-electron chi connectivity index (χ1n) is 5.88. The summed E-state index contributed by atoms with van der Waals surface area (Å²) >= 11 is 0. The summed E-state index contributed by atoms with van der Waals surface area (Å²) in [6, 6.07) is 0. The molecule has 17 heavy (non-hydrogen) atoms. The van der Waals surface area contributed by atoms with Crippen molar-refractivity contribution in [3.63, 3.8) is 0 Å². The highest BCUT2D eigenvalue weighted by Crippen LogP contribution is 2.39. The first-order valence-corrected chi connectivity index (χ1v) is 5.88. The Morgan fingerprint density at radius 1 is 1.29 bits per heavy atom. The molecule has 0 bridgehead atoms. The number of alkyl halides is 3. The van der Waals surface area contributed by atoms with Crippen LogP contribution in [-0.4, -0.2) is 16.7 Å². The van der Waals surface area contributed by atoms with E-state index in [0.29, 0.717) is 5.69 Å². The van der Waals surface area contributed by atoms with Crippen molar-refractivity contribution in [2.24, 2.45) is 5.73 Å². The number of rotatable bonds is 3. The summed E-state index contributed by atoms with van der Waals surface area (Å²) in [5.74, 6) is 0.195. The van der Waals surface area contributed by atoms with Gasteiger partial charge in [0.15, 0.2) is 5.69 Å². The SMILES string of the molecule is NCCc1c(C(F)(F)F)n[nH]c1C1CCCC1. The zero-order valence-electron chi connectivity index (χ0n) is 9.48. The molecule has 96 valence electrons. The molecule has 1 heterocycles. The van der Waals surface area contributed by atoms with Crippen LogP contribution in [0.5, 0.6) is 0 Å². The molecule has 1 aromatic rings. The molecule has 0 aromatic carbocycles. The lowest BCUT2D eigenvalue weighted by atomic mass is 9.97. The maximum atomic E-state index is 12.7. The number of aromatic nitrogens is 2. The van der Waals surface area contributed by atoms with Gasteiger partial charge in [0.05, 0.1) is 0 Å². The summed E-state index contributed by atoms with van der Waals surface area (Å²) in [7, 11) is 0. The second-order valence-corrected chi connectivity index (χ2v) is 4.48. The molecular formula is C11H16F3N3. The second kappa shape index (κ2) is 4.68. The lowest BCUT2D eigenvalue weighted by molar-refractivity contribution is -0.141. The maximum absolute atomic E-state index is 12.7. The standard InChI is InChI=1S/C11H16F3N3/c12-11(13,14)10-8(5-6-15)9(16-17-10)7-3-1-2-4-7/h7H,1-6,15H2,(H,16,17). The third-order valence-electron chi connectivity index (χ3n) is 3.33. The quantitative estimate of drug-likeness (QED) is 0.862. The summed E-state index contributed by atoms with van der Waals surface area (Å²) in [4.78, 5) is 0. The molecular weight excluding hydrogens is 231 g/mol. The zero-order valence-corrected chi connectivity index (χ0v) is 9.48. The molecule has 1 fully saturated rings. The van der Waals surface area contributed by atoms with Crippen molar-refractivity contribution in [1.82, 2.24) is 10.2 Å². The monoisotopic (exact) mass is 247 g/mol. The van der Waals surface area contributed by atoms with E-state index in [4.69, 9.17) is 5.73 Å². The molecule has 1 aliphatic rings. The van der Waals surface area contributed by atoms with Crippen LogP contribution in [0, 0.1) is 0 Å². The van der Waals surface area contributed by atoms with Crippen molar-refractivity contribution < 1.29 is 13.2 Å². The Kier molecular flexibility index (Phi) is 3.42. The van der Waals surface area contributed by atoms with Gasteiger partial charge in [-0.1, -0.05) is 12.8 Å². The molecule has 1 aliphatic carbocycles. The van der Waals surface area contributed by atoms with Crippen LogP contribution in [0.15, 0.2) is 0 Å². The molecule has 3 N–H and O–H groups in total. The molecule has 0 saturated heterocycles. The normalized spacial score (nSPS) is 17.9. The summed E-state index contributed by atoms with van der Waals surface area (Å²) < 4.78 is 38.2. The number of nitrogens with one attached hydrogen (secondary N) is 1. The molecule has 0 aliphatic heterocycles. The summed E-state index contributed by atoms with van der Waals surface area (Å²) in [5.41, 5.74) is 5.53. The molecule has 0 unspecified atom stereocenters. The molecule has 3 nitrogen and oxygen atoms in total. The molecule has 0 atom stereocenters. The highest BCUT2D eigenvalue weighted by molar-refractivity contribution is 5.31. The largest absolute Gasteiger partial charge is 0.435 e. The fraction of sp³-hybridized carbons (Fsp3) is 0.727. The molecule has 0 radical (unpaired) electrons. The average molecular weight is 247 g/mol. The van der Waals surface area contributed by atoms with Gasteiger partial charge in [0.25, 0.3) is 0 Å². The van der Waals surface area contributed by atoms with Gasteiger partial charge in [-0.05, 0) is 25.8 Å². The summed E-state index contributed by atoms with van der Waals surface area (Å²) in [6.45, 7) is 0.211. The van der Waals surface area contributed by atoms with E-state index in [2.05, 4.69) is 10.2 Å². The molecule has 0 spiro atoms. The molecule has 1 aromatic heterocycles. The second-order valence-electron chi connectivity index (χ2n) is 4.48. The van der Waals surface area contributed by atoms with Crippen LogP contribution in [0.1, 0.15) is 48.6 Å². The van der Waals surface area contributed by atoms with Crippen LogP contribution in [0.25, 0.3) is 0 Å². The number of hydrogen-bond acceptors (Lipinski definition) is 2. The van der Waals surface area contributed by atoms with E-state index in [-0.39, 0.29) is 24.4 Å². The highest BCUT2D eigenvalue weighted by atomic mass is 19.4. The minimum atomic E-state index is -4.39. The van der Waals surface area contributed by atoms with Gasteiger partial charge in [-0.25, -0.2) is 0 Å². The van der Waals surface area contributed by atoms with Crippen LogP contribution in [-0.2, 0) is 12.6 Å². The summed E-state index contributed by atoms with van der Waals surface area (Å²) in [5, 5.41) is 6.03. The van der Waals surface area contributed by atoms with E-state index < -0.39 is 11.9 Å². The van der Waals surface area contributed by atoms with Crippen molar-refractivity contribution in [3.8, 4) is 0 Å². The van der Waals surface area contributed by atoms with Crippen LogP contribution in [0.3, 0.4) is 0 Å². The number of nitrogens with zero attached hydrogens (tertiary/aromatic N) is 1. The van der Waals surface area contributed by atoms with Gasteiger partial charge in [-0.2, -0.15) is 18.3 Å². The number of nitrogens with two attached hydrogens (primary N) is 1. The Hall–Kier alpha value is -1.04. The van der Waals surface area contributed by atoms with E-state index in [1.165, 1.54) is 0 Å². The van der Waals surface area contributed by atoms with Gasteiger partial charge in [0.2, 0.25) is 0 Å². The Labute approximate surface area is 97.6 Å². The lowest BCUT2D eigenvalue weighted by Gasteiger charge is -2.11. The Bertz CT molecular complexity index is 378. The van der Waals surface area contributed by atoms with Crippen LogP contribution in [0.2, 0.25) is 0 Å². The average Bonchev–Trinajstić information content (AvgIpc) is 2.82. The topological polar surface area (TPSA) is 54.7 Å². The number of hydrogen-bond donors (Lipinski definition) is 2. The van der Waals surface area contributed by atoms with Crippen LogP contribution >= 0.6 is 0 Å². The Balaban J connectivity index is 2.35. The van der Waals surface area contributed by atoms with Crippen LogP contribution < -0.4 is 5.73 Å². The molecule has 2 rings (SSSR count). The van der Waals surface area contributed by atoms with E-state index in [1.807, 2.05) is 0 Å². The molecule has 1 saturated carbocycles. The molecule has 6 heteroatoms. The first kappa shape index (κ1) is 12.4. The molecule has 0 amide bonds. The van der Waals surface area contributed by atoms with Gasteiger partial charge in [-0.15, -0.1) is 0 Å². The van der Waals surface area contributed by atoms with E-state index in [9.17, 15) is 13.2 Å². The van der Waals surface area contributed by atoms with Crippen molar-refractivity contribution in [2.45, 2.75) is 44.2 Å². The van der Waals surface area contributed by atoms with Crippen molar-refractivity contribution in [2.75, 3.05) is 6.54 Å². The highest BCUT2D eigenvalue weighted by Gasteiger charge is 2.38. The van der Waals surface area contributed by atoms with Crippen LogP contribution in [0.4, 0.5) is 13.2 Å². The maximum Gasteiger partial charge on any atom is 0.435 e. The van der Waals surface area contributed by atoms with E-state index in [0.717, 1.165) is 25.7 Å².